The minimum absolute atomic E-state index is 0.208. The molecule has 0 radical (unpaired) electrons. The van der Waals surface area contributed by atoms with Gasteiger partial charge in [0, 0.05) is 38.5 Å². The van der Waals surface area contributed by atoms with Gasteiger partial charge in [-0.05, 0) is 22.3 Å². The standard InChI is InChI=1S/C33H33N2O3P/c1-38-39(37)23-22-34(26-30-18-10-4-11-19-30)32(36)35(27-31-20-12-5-13-21-31)33(39,24-28-14-6-2-7-15-28)25-29-16-8-3-9-17-29/h2-23H,24-27H2,1H3/t39-/m0/s1. The molecule has 0 fully saturated rings. The molecule has 0 bridgehead atoms. The average molecular weight is 537 g/mol. The van der Waals surface area contributed by atoms with Gasteiger partial charge in [-0.2, -0.15) is 0 Å². The Hall–Kier alpha value is -3.92. The number of benzene rings is 4. The van der Waals surface area contributed by atoms with E-state index in [4.69, 9.17) is 4.52 Å². The third-order valence-corrected chi connectivity index (χ3v) is 10.1. The van der Waals surface area contributed by atoms with E-state index in [1.165, 1.54) is 7.11 Å². The van der Waals surface area contributed by atoms with Crippen LogP contribution >= 0.6 is 7.37 Å². The molecule has 1 atom stereocenters. The molecule has 39 heavy (non-hydrogen) atoms. The zero-order chi connectivity index (χ0) is 27.1. The largest absolute Gasteiger partial charge is 0.327 e. The Kier molecular flexibility index (Phi) is 8.11. The predicted molar refractivity (Wildman–Crippen MR) is 156 cm³/mol. The summed E-state index contributed by atoms with van der Waals surface area (Å²) in [7, 11) is -2.11. The van der Waals surface area contributed by atoms with Gasteiger partial charge < -0.3 is 9.42 Å². The summed E-state index contributed by atoms with van der Waals surface area (Å²) in [5.41, 5.74) is 3.92. The number of hydrogen-bond donors (Lipinski definition) is 0. The van der Waals surface area contributed by atoms with Crippen LogP contribution in [0.15, 0.2) is 133 Å². The highest BCUT2D eigenvalue weighted by Gasteiger charge is 2.55. The van der Waals surface area contributed by atoms with Crippen LogP contribution in [-0.2, 0) is 35.0 Å². The third kappa shape index (κ3) is 5.75. The second-order valence-electron chi connectivity index (χ2n) is 9.85. The van der Waals surface area contributed by atoms with E-state index in [-0.39, 0.29) is 6.03 Å². The number of urea groups is 1. The van der Waals surface area contributed by atoms with Gasteiger partial charge in [0.15, 0.2) is 0 Å². The lowest BCUT2D eigenvalue weighted by Crippen LogP contribution is -2.55. The maximum absolute atomic E-state index is 15.1. The molecule has 0 aliphatic carbocycles. The van der Waals surface area contributed by atoms with Gasteiger partial charge >= 0.3 is 6.03 Å². The Morgan fingerprint density at radius 3 is 1.49 bits per heavy atom. The highest BCUT2D eigenvalue weighted by molar-refractivity contribution is 7.63. The normalized spacial score (nSPS) is 18.6. The molecule has 4 aromatic carbocycles. The first kappa shape index (κ1) is 26.7. The first-order valence-corrected chi connectivity index (χ1v) is 14.8. The summed E-state index contributed by atoms with van der Waals surface area (Å²) >= 11 is 0. The van der Waals surface area contributed by atoms with E-state index in [2.05, 4.69) is 0 Å². The second kappa shape index (κ2) is 11.9. The summed E-state index contributed by atoms with van der Waals surface area (Å²) in [5, 5.41) is -1.17. The van der Waals surface area contributed by atoms with E-state index in [0.717, 1.165) is 22.3 Å². The van der Waals surface area contributed by atoms with Crippen molar-refractivity contribution in [1.29, 1.82) is 0 Å². The fourth-order valence-corrected chi connectivity index (χ4v) is 7.68. The van der Waals surface area contributed by atoms with Crippen LogP contribution in [0.4, 0.5) is 4.79 Å². The lowest BCUT2D eigenvalue weighted by molar-refractivity contribution is 0.119. The van der Waals surface area contributed by atoms with Crippen LogP contribution in [0.5, 0.6) is 0 Å². The minimum Gasteiger partial charge on any atom is -0.327 e. The zero-order valence-electron chi connectivity index (χ0n) is 22.1. The van der Waals surface area contributed by atoms with Crippen LogP contribution in [-0.4, -0.2) is 28.2 Å². The monoisotopic (exact) mass is 536 g/mol. The number of carbonyl (C=O) groups excluding carboxylic acids is 1. The van der Waals surface area contributed by atoms with Crippen LogP contribution in [0.3, 0.4) is 0 Å². The van der Waals surface area contributed by atoms with Gasteiger partial charge in [0.1, 0.15) is 5.28 Å². The maximum Gasteiger partial charge on any atom is 0.325 e. The molecule has 0 aromatic heterocycles. The van der Waals surface area contributed by atoms with Crippen molar-refractivity contribution in [2.24, 2.45) is 0 Å². The van der Waals surface area contributed by atoms with Crippen molar-refractivity contribution in [1.82, 2.24) is 9.80 Å². The lowest BCUT2D eigenvalue weighted by Gasteiger charge is -2.46. The van der Waals surface area contributed by atoms with Gasteiger partial charge in [-0.3, -0.25) is 9.46 Å². The average Bonchev–Trinajstić information content (AvgIpc) is 3.06. The molecule has 198 valence electrons. The van der Waals surface area contributed by atoms with E-state index in [1.54, 1.807) is 21.8 Å². The molecule has 0 saturated heterocycles. The molecule has 1 heterocycles. The van der Waals surface area contributed by atoms with Crippen molar-refractivity contribution < 1.29 is 13.9 Å². The van der Waals surface area contributed by atoms with Gasteiger partial charge in [0.25, 0.3) is 7.37 Å². The molecule has 4 aromatic rings. The summed E-state index contributed by atoms with van der Waals surface area (Å²) in [6, 6.07) is 39.4. The Morgan fingerprint density at radius 2 is 1.05 bits per heavy atom. The summed E-state index contributed by atoms with van der Waals surface area (Å²) in [5.74, 6) is 1.64. The van der Waals surface area contributed by atoms with Crippen LogP contribution in [0, 0.1) is 0 Å². The fraction of sp³-hybridized carbons (Fsp3) is 0.182. The molecule has 6 heteroatoms. The second-order valence-corrected chi connectivity index (χ2v) is 12.5. The molecule has 0 saturated carbocycles. The Labute approximate surface area is 230 Å². The van der Waals surface area contributed by atoms with Gasteiger partial charge in [-0.25, -0.2) is 4.79 Å². The molecule has 0 unspecified atom stereocenters. The van der Waals surface area contributed by atoms with E-state index in [0.29, 0.717) is 25.9 Å². The Bertz CT molecular complexity index is 1400. The molecule has 5 nitrogen and oxygen atoms in total. The van der Waals surface area contributed by atoms with Crippen molar-refractivity contribution in [3.8, 4) is 0 Å². The topological polar surface area (TPSA) is 49.9 Å². The number of rotatable bonds is 9. The van der Waals surface area contributed by atoms with E-state index >= 15 is 4.57 Å². The van der Waals surface area contributed by atoms with E-state index < -0.39 is 12.6 Å². The predicted octanol–water partition coefficient (Wildman–Crippen LogP) is 7.70. The van der Waals surface area contributed by atoms with Crippen molar-refractivity contribution in [3.05, 3.63) is 156 Å². The summed E-state index contributed by atoms with van der Waals surface area (Å²) in [6.45, 7) is 0.650. The zero-order valence-corrected chi connectivity index (χ0v) is 23.0. The van der Waals surface area contributed by atoms with Gasteiger partial charge in [0.05, 0.1) is 6.54 Å². The number of nitrogens with zero attached hydrogens (tertiary/aromatic N) is 2. The van der Waals surface area contributed by atoms with Gasteiger partial charge in [-0.1, -0.05) is 121 Å². The minimum atomic E-state index is -3.60. The third-order valence-electron chi connectivity index (χ3n) is 7.31. The highest BCUT2D eigenvalue weighted by Crippen LogP contribution is 2.65. The molecule has 5 rings (SSSR count). The van der Waals surface area contributed by atoms with Crippen LogP contribution in [0.2, 0.25) is 0 Å². The number of hydrogen-bond acceptors (Lipinski definition) is 3. The van der Waals surface area contributed by atoms with Crippen LogP contribution in [0.1, 0.15) is 22.3 Å². The molecule has 1 aliphatic rings. The smallest absolute Gasteiger partial charge is 0.325 e. The van der Waals surface area contributed by atoms with E-state index in [1.807, 2.05) is 121 Å². The summed E-state index contributed by atoms with van der Waals surface area (Å²) in [4.78, 5) is 18.0. The SMILES string of the molecule is CO[P@@]1(=O)C=CN(Cc2ccccc2)C(=O)N(Cc2ccccc2)C1(Cc1ccccc1)Cc1ccccc1. The first-order valence-electron chi connectivity index (χ1n) is 13.1. The fourth-order valence-electron chi connectivity index (χ4n) is 5.30. The quantitative estimate of drug-likeness (QED) is 0.206. The lowest BCUT2D eigenvalue weighted by atomic mass is 9.96. The van der Waals surface area contributed by atoms with Crippen molar-refractivity contribution >= 4 is 13.4 Å². The Morgan fingerprint density at radius 1 is 0.641 bits per heavy atom. The Balaban J connectivity index is 1.70. The summed E-state index contributed by atoms with van der Waals surface area (Å²) in [6.07, 6.45) is 2.40. The molecule has 0 N–H and O–H groups in total. The van der Waals surface area contributed by atoms with E-state index in [9.17, 15) is 4.79 Å². The van der Waals surface area contributed by atoms with Crippen LogP contribution in [0.25, 0.3) is 0 Å². The van der Waals surface area contributed by atoms with Crippen molar-refractivity contribution in [2.75, 3.05) is 7.11 Å². The number of amides is 2. The molecule has 0 spiro atoms. The summed E-state index contributed by atoms with van der Waals surface area (Å²) < 4.78 is 21.1. The van der Waals surface area contributed by atoms with Gasteiger partial charge in [0.2, 0.25) is 0 Å². The number of carbonyl (C=O) groups is 1. The molecule has 2 amide bonds. The van der Waals surface area contributed by atoms with Crippen molar-refractivity contribution in [3.63, 3.8) is 0 Å². The first-order chi connectivity index (χ1) is 19.0. The highest BCUT2D eigenvalue weighted by atomic mass is 31.2. The van der Waals surface area contributed by atoms with Crippen molar-refractivity contribution in [2.45, 2.75) is 31.2 Å². The maximum atomic E-state index is 15.1. The van der Waals surface area contributed by atoms with Gasteiger partial charge in [-0.15, -0.1) is 0 Å². The molecular formula is C33H33N2O3P. The van der Waals surface area contributed by atoms with Crippen LogP contribution < -0.4 is 0 Å². The molecule has 1 aliphatic heterocycles. The molecular weight excluding hydrogens is 503 g/mol.